The van der Waals surface area contributed by atoms with Crippen molar-refractivity contribution in [1.29, 1.82) is 0 Å². The van der Waals surface area contributed by atoms with Crippen LogP contribution in [0.3, 0.4) is 0 Å². The summed E-state index contributed by atoms with van der Waals surface area (Å²) in [5, 5.41) is 11.9. The largest absolute Gasteiger partial charge is 0.492 e. The summed E-state index contributed by atoms with van der Waals surface area (Å²) in [5.74, 6) is -2.31. The number of rotatable bonds is 3. The molecule has 0 aromatic carbocycles. The minimum absolute atomic E-state index is 0.0475. The fourth-order valence-corrected chi connectivity index (χ4v) is 1.94. The van der Waals surface area contributed by atoms with Gasteiger partial charge in [0.1, 0.15) is 0 Å². The molecule has 8 heteroatoms. The second-order valence-corrected chi connectivity index (χ2v) is 4.20. The Morgan fingerprint density at radius 1 is 1.53 bits per heavy atom. The van der Waals surface area contributed by atoms with Crippen LogP contribution >= 0.6 is 11.3 Å². The van der Waals surface area contributed by atoms with E-state index in [1.165, 1.54) is 11.3 Å². The molecule has 0 spiro atoms. The second-order valence-electron chi connectivity index (χ2n) is 3.22. The molecule has 0 radical (unpaired) electrons. The van der Waals surface area contributed by atoms with Crippen LogP contribution in [0.5, 0.6) is 5.88 Å². The van der Waals surface area contributed by atoms with Crippen LogP contribution in [0.25, 0.3) is 0 Å². The quantitative estimate of drug-likeness (QED) is 0.815. The normalized spacial score (nSPS) is 10.6. The minimum Gasteiger partial charge on any atom is -0.492 e. The van der Waals surface area contributed by atoms with E-state index in [1.54, 1.807) is 16.6 Å². The van der Waals surface area contributed by atoms with Crippen LogP contribution in [0.4, 0.5) is 4.39 Å². The third-order valence-electron chi connectivity index (χ3n) is 2.15. The number of aryl methyl sites for hydroxylation is 1. The molecule has 0 aliphatic rings. The average Bonchev–Trinajstić information content (AvgIpc) is 2.79. The first-order valence-corrected chi connectivity index (χ1v) is 5.57. The molecule has 90 valence electrons. The minimum atomic E-state index is -1.36. The molecule has 0 saturated carbocycles. The lowest BCUT2D eigenvalue weighted by molar-refractivity contribution is 0.360. The van der Waals surface area contributed by atoms with Crippen LogP contribution in [0.2, 0.25) is 0 Å². The van der Waals surface area contributed by atoms with Crippen molar-refractivity contribution in [3.8, 4) is 5.88 Å². The van der Waals surface area contributed by atoms with Crippen molar-refractivity contribution in [2.45, 2.75) is 13.0 Å². The number of aromatic nitrogens is 3. The van der Waals surface area contributed by atoms with Crippen molar-refractivity contribution in [3.05, 3.63) is 43.2 Å². The maximum atomic E-state index is 13.1. The summed E-state index contributed by atoms with van der Waals surface area (Å²) in [6, 6.07) is 0. The third-order valence-corrected chi connectivity index (χ3v) is 2.99. The Labute approximate surface area is 98.0 Å². The van der Waals surface area contributed by atoms with E-state index in [2.05, 4.69) is 4.98 Å². The van der Waals surface area contributed by atoms with Crippen LogP contribution in [0.15, 0.2) is 21.2 Å². The molecule has 2 aromatic rings. The molecule has 0 amide bonds. The Kier molecular flexibility index (Phi) is 3.05. The van der Waals surface area contributed by atoms with Gasteiger partial charge in [-0.2, -0.15) is 4.39 Å². The van der Waals surface area contributed by atoms with Gasteiger partial charge in [0.15, 0.2) is 0 Å². The average molecular weight is 257 g/mol. The zero-order valence-electron chi connectivity index (χ0n) is 8.51. The highest BCUT2D eigenvalue weighted by Crippen LogP contribution is 2.10. The predicted octanol–water partition coefficient (Wildman–Crippen LogP) is 0.0805. The van der Waals surface area contributed by atoms with E-state index in [4.69, 9.17) is 0 Å². The number of halogens is 1. The number of aromatic hydroxyl groups is 1. The molecule has 0 aliphatic heterocycles. The number of nitrogens with one attached hydrogen (secondary N) is 1. The van der Waals surface area contributed by atoms with Gasteiger partial charge in [-0.3, -0.25) is 14.3 Å². The molecule has 6 nitrogen and oxygen atoms in total. The van der Waals surface area contributed by atoms with E-state index < -0.39 is 22.9 Å². The Bertz CT molecular complexity index is 632. The highest BCUT2D eigenvalue weighted by molar-refractivity contribution is 7.09. The van der Waals surface area contributed by atoms with Crippen molar-refractivity contribution in [1.82, 2.24) is 14.5 Å². The highest BCUT2D eigenvalue weighted by Gasteiger charge is 2.13. The van der Waals surface area contributed by atoms with E-state index in [-0.39, 0.29) is 6.54 Å². The van der Waals surface area contributed by atoms with E-state index in [1.807, 2.05) is 0 Å². The summed E-state index contributed by atoms with van der Waals surface area (Å²) in [6.07, 6.45) is 1.98. The van der Waals surface area contributed by atoms with Gasteiger partial charge < -0.3 is 5.11 Å². The summed E-state index contributed by atoms with van der Waals surface area (Å²) >= 11 is 1.39. The number of H-pyrrole nitrogens is 1. The maximum absolute atomic E-state index is 13.1. The Morgan fingerprint density at radius 2 is 2.29 bits per heavy atom. The molecular formula is C9H8FN3O3S. The Balaban J connectivity index is 2.30. The highest BCUT2D eigenvalue weighted by atomic mass is 32.1. The van der Waals surface area contributed by atoms with E-state index in [0.29, 0.717) is 6.42 Å². The van der Waals surface area contributed by atoms with Crippen molar-refractivity contribution in [2.75, 3.05) is 0 Å². The fourth-order valence-electron chi connectivity index (χ4n) is 1.33. The Morgan fingerprint density at radius 3 is 2.94 bits per heavy atom. The standard InChI is InChI=1S/C9H8FN3O3S/c10-6-7(14)12-9(16)13(8(6)15)3-1-5-11-2-4-17-5/h2,4,15H,1,3H2,(H,12,14,16). The summed E-state index contributed by atoms with van der Waals surface area (Å²) in [6.45, 7) is 0.0475. The van der Waals surface area contributed by atoms with Gasteiger partial charge in [-0.05, 0) is 0 Å². The molecule has 0 atom stereocenters. The number of hydrogen-bond donors (Lipinski definition) is 2. The molecule has 0 saturated heterocycles. The van der Waals surface area contributed by atoms with Gasteiger partial charge in [0.05, 0.1) is 5.01 Å². The summed E-state index contributed by atoms with van der Waals surface area (Å²) in [4.78, 5) is 27.9. The van der Waals surface area contributed by atoms with Crippen LogP contribution < -0.4 is 11.2 Å². The van der Waals surface area contributed by atoms with Crippen LogP contribution in [-0.2, 0) is 13.0 Å². The second kappa shape index (κ2) is 4.50. The smallest absolute Gasteiger partial charge is 0.331 e. The molecule has 0 bridgehead atoms. The molecule has 2 heterocycles. The van der Waals surface area contributed by atoms with Crippen LogP contribution in [-0.4, -0.2) is 19.6 Å². The monoisotopic (exact) mass is 257 g/mol. The summed E-state index contributed by atoms with van der Waals surface area (Å²) in [5.41, 5.74) is -2.07. The number of aromatic amines is 1. The lowest BCUT2D eigenvalue weighted by Crippen LogP contribution is -2.32. The van der Waals surface area contributed by atoms with Gasteiger partial charge in [0, 0.05) is 24.5 Å². The zero-order valence-corrected chi connectivity index (χ0v) is 9.33. The summed E-state index contributed by atoms with van der Waals surface area (Å²) < 4.78 is 13.8. The summed E-state index contributed by atoms with van der Waals surface area (Å²) in [7, 11) is 0. The van der Waals surface area contributed by atoms with Gasteiger partial charge >= 0.3 is 5.69 Å². The molecule has 2 aromatic heterocycles. The number of hydrogen-bond acceptors (Lipinski definition) is 5. The molecule has 0 unspecified atom stereocenters. The molecule has 0 aliphatic carbocycles. The van der Waals surface area contributed by atoms with Gasteiger partial charge in [-0.15, -0.1) is 11.3 Å². The fraction of sp³-hybridized carbons (Fsp3) is 0.222. The Hall–Kier alpha value is -1.96. The van der Waals surface area contributed by atoms with E-state index in [9.17, 15) is 19.1 Å². The molecule has 2 rings (SSSR count). The lowest BCUT2D eigenvalue weighted by Gasteiger charge is -2.06. The molecule has 2 N–H and O–H groups in total. The van der Waals surface area contributed by atoms with Crippen molar-refractivity contribution in [2.24, 2.45) is 0 Å². The van der Waals surface area contributed by atoms with Crippen molar-refractivity contribution in [3.63, 3.8) is 0 Å². The van der Waals surface area contributed by atoms with Crippen molar-refractivity contribution < 1.29 is 9.50 Å². The van der Waals surface area contributed by atoms with E-state index >= 15 is 0 Å². The maximum Gasteiger partial charge on any atom is 0.331 e. The topological polar surface area (TPSA) is 88.0 Å². The van der Waals surface area contributed by atoms with Crippen LogP contribution in [0, 0.1) is 5.82 Å². The zero-order chi connectivity index (χ0) is 12.4. The first-order chi connectivity index (χ1) is 8.09. The first-order valence-electron chi connectivity index (χ1n) is 4.69. The number of nitrogens with zero attached hydrogens (tertiary/aromatic N) is 2. The third kappa shape index (κ3) is 2.26. The molecule has 17 heavy (non-hydrogen) atoms. The van der Waals surface area contributed by atoms with Gasteiger partial charge in [0.25, 0.3) is 5.56 Å². The molecule has 0 fully saturated rings. The molecular weight excluding hydrogens is 249 g/mol. The lowest BCUT2D eigenvalue weighted by atomic mass is 10.4. The first kappa shape index (κ1) is 11.5. The van der Waals surface area contributed by atoms with Gasteiger partial charge in [-0.1, -0.05) is 0 Å². The van der Waals surface area contributed by atoms with Crippen molar-refractivity contribution >= 4 is 11.3 Å². The van der Waals surface area contributed by atoms with Gasteiger partial charge in [0.2, 0.25) is 11.7 Å². The van der Waals surface area contributed by atoms with E-state index in [0.717, 1.165) is 9.57 Å². The SMILES string of the molecule is O=c1[nH]c(=O)n(CCc2nccs2)c(O)c1F. The van der Waals surface area contributed by atoms with Crippen LogP contribution in [0.1, 0.15) is 5.01 Å². The predicted molar refractivity (Wildman–Crippen MR) is 58.8 cm³/mol. The van der Waals surface area contributed by atoms with Gasteiger partial charge in [-0.25, -0.2) is 9.78 Å². The number of thiazole rings is 1.